The van der Waals surface area contributed by atoms with Crippen LogP contribution in [0, 0.1) is 0 Å². The Morgan fingerprint density at radius 1 is 1.70 bits per heavy atom. The van der Waals surface area contributed by atoms with E-state index in [1.807, 2.05) is 0 Å². The van der Waals surface area contributed by atoms with Crippen molar-refractivity contribution in [1.29, 1.82) is 0 Å². The van der Waals surface area contributed by atoms with E-state index in [4.69, 9.17) is 5.11 Å². The molecule has 0 bridgehead atoms. The zero-order valence-corrected chi connectivity index (χ0v) is 6.00. The molecule has 0 atom stereocenters. The Morgan fingerprint density at radius 3 is 2.50 bits per heavy atom. The topological polar surface area (TPSA) is 54.4 Å². The van der Waals surface area contributed by atoms with Crippen LogP contribution in [-0.2, 0) is 9.59 Å². The first-order chi connectivity index (χ1) is 4.48. The minimum atomic E-state index is -0.934. The zero-order chi connectivity index (χ0) is 8.20. The maximum Gasteiger partial charge on any atom is 0.359 e. The van der Waals surface area contributed by atoms with Gasteiger partial charge in [-0.05, 0) is 0 Å². The lowest BCUT2D eigenvalue weighted by Crippen LogP contribution is -2.38. The molecule has 0 saturated heterocycles. The summed E-state index contributed by atoms with van der Waals surface area (Å²) in [6.45, 7) is -0.102. The number of carboxylic acid groups (broad SMARTS) is 1. The van der Waals surface area contributed by atoms with Gasteiger partial charge in [-0.2, -0.15) is 0 Å². The van der Waals surface area contributed by atoms with Gasteiger partial charge in [-0.25, -0.2) is 9.59 Å². The fourth-order valence-electron chi connectivity index (χ4n) is 0.537. The molecule has 0 aliphatic heterocycles. The monoisotopic (exact) mass is 144 g/mol. The molecule has 0 aromatic rings. The molecule has 0 heterocycles. The normalized spacial score (nSPS) is 10.2. The number of carboxylic acids is 1. The average molecular weight is 144 g/mol. The summed E-state index contributed by atoms with van der Waals surface area (Å²) >= 11 is 0. The van der Waals surface area contributed by atoms with Crippen LogP contribution in [0.25, 0.3) is 0 Å². The second-order valence-electron chi connectivity index (χ2n) is 2.58. The molecule has 56 valence electrons. The number of aliphatic carboxylic acids is 1. The SMILES string of the molecule is C[N+](C)(C=C=O)CC(=O)O. The predicted octanol–water partition coefficient (Wildman–Crippen LogP) is -0.507. The molecule has 0 rings (SSSR count). The van der Waals surface area contributed by atoms with E-state index in [-0.39, 0.29) is 11.0 Å². The Kier molecular flexibility index (Phi) is 2.80. The van der Waals surface area contributed by atoms with Crippen LogP contribution in [0.4, 0.5) is 0 Å². The second kappa shape index (κ2) is 3.15. The van der Waals surface area contributed by atoms with Crippen molar-refractivity contribution in [2.75, 3.05) is 20.6 Å². The van der Waals surface area contributed by atoms with Gasteiger partial charge in [0.15, 0.2) is 18.7 Å². The van der Waals surface area contributed by atoms with Crippen LogP contribution >= 0.6 is 0 Å². The second-order valence-corrected chi connectivity index (χ2v) is 2.58. The van der Waals surface area contributed by atoms with E-state index in [1.54, 1.807) is 20.0 Å². The molecule has 0 spiro atoms. The summed E-state index contributed by atoms with van der Waals surface area (Å²) in [6, 6.07) is 0. The summed E-state index contributed by atoms with van der Waals surface area (Å²) in [5, 5.41) is 8.31. The molecule has 0 aliphatic carbocycles. The van der Waals surface area contributed by atoms with Crippen LogP contribution < -0.4 is 0 Å². The Hall–Kier alpha value is -1.12. The maximum absolute atomic E-state index is 10.1. The van der Waals surface area contributed by atoms with Crippen molar-refractivity contribution in [1.82, 2.24) is 0 Å². The molecule has 0 aromatic heterocycles. The smallest absolute Gasteiger partial charge is 0.359 e. The minimum absolute atomic E-state index is 0.0266. The first-order valence-corrected chi connectivity index (χ1v) is 2.74. The van der Waals surface area contributed by atoms with Gasteiger partial charge in [-0.15, -0.1) is 0 Å². The van der Waals surface area contributed by atoms with E-state index >= 15 is 0 Å². The van der Waals surface area contributed by atoms with Gasteiger partial charge in [0.25, 0.3) is 0 Å². The molecule has 0 fully saturated rings. The number of rotatable bonds is 3. The summed E-state index contributed by atoms with van der Waals surface area (Å²) in [4.78, 5) is 19.9. The Balaban J connectivity index is 4.12. The highest BCUT2D eigenvalue weighted by molar-refractivity contribution is 5.68. The van der Waals surface area contributed by atoms with Crippen LogP contribution in [-0.4, -0.2) is 42.1 Å². The van der Waals surface area contributed by atoms with Crippen molar-refractivity contribution in [3.63, 3.8) is 0 Å². The predicted molar refractivity (Wildman–Crippen MR) is 34.9 cm³/mol. The summed E-state index contributed by atoms with van der Waals surface area (Å²) in [5.74, 6) is 0.613. The van der Waals surface area contributed by atoms with Gasteiger partial charge in [0.05, 0.1) is 14.1 Å². The van der Waals surface area contributed by atoms with E-state index in [0.717, 1.165) is 6.20 Å². The summed E-state index contributed by atoms with van der Waals surface area (Å²) in [6.07, 6.45) is 1.16. The molecular formula is C6H10NO3+. The lowest BCUT2D eigenvalue weighted by molar-refractivity contribution is -0.829. The highest BCUT2D eigenvalue weighted by atomic mass is 16.4. The van der Waals surface area contributed by atoms with Gasteiger partial charge in [-0.1, -0.05) is 0 Å². The number of likely N-dealkylation sites (N-methyl/N-ethyl adjacent to an activating group) is 1. The number of carbonyl (C=O) groups is 1. The van der Waals surface area contributed by atoms with Crippen LogP contribution in [0.15, 0.2) is 6.20 Å². The number of hydrogen-bond acceptors (Lipinski definition) is 2. The fraction of sp³-hybridized carbons (Fsp3) is 0.500. The van der Waals surface area contributed by atoms with Gasteiger partial charge in [0.2, 0.25) is 0 Å². The lowest BCUT2D eigenvalue weighted by Gasteiger charge is -2.19. The van der Waals surface area contributed by atoms with Gasteiger partial charge in [-0.3, -0.25) is 4.48 Å². The van der Waals surface area contributed by atoms with Crippen molar-refractivity contribution < 1.29 is 19.2 Å². The zero-order valence-electron chi connectivity index (χ0n) is 6.00. The molecule has 0 unspecified atom stereocenters. The largest absolute Gasteiger partial charge is 0.477 e. The molecule has 4 heteroatoms. The van der Waals surface area contributed by atoms with Gasteiger partial charge >= 0.3 is 5.97 Å². The van der Waals surface area contributed by atoms with Crippen molar-refractivity contribution >= 4 is 11.9 Å². The lowest BCUT2D eigenvalue weighted by atomic mass is 10.5. The number of quaternary nitrogens is 1. The highest BCUT2D eigenvalue weighted by Gasteiger charge is 2.16. The average Bonchev–Trinajstić information content (AvgIpc) is 1.59. The number of carbonyl (C=O) groups excluding carboxylic acids is 1. The summed E-state index contributed by atoms with van der Waals surface area (Å²) in [5.41, 5.74) is 0. The molecule has 4 nitrogen and oxygen atoms in total. The fourth-order valence-corrected chi connectivity index (χ4v) is 0.537. The molecule has 1 N–H and O–H groups in total. The van der Waals surface area contributed by atoms with E-state index in [2.05, 4.69) is 0 Å². The highest BCUT2D eigenvalue weighted by Crippen LogP contribution is 1.94. The third-order valence-electron chi connectivity index (χ3n) is 0.945. The molecule has 0 aliphatic rings. The maximum atomic E-state index is 10.1. The molecule has 0 amide bonds. The first-order valence-electron chi connectivity index (χ1n) is 2.74. The molecule has 0 aromatic carbocycles. The van der Waals surface area contributed by atoms with Crippen LogP contribution in [0.3, 0.4) is 0 Å². The van der Waals surface area contributed by atoms with Crippen LogP contribution in [0.5, 0.6) is 0 Å². The van der Waals surface area contributed by atoms with Gasteiger partial charge < -0.3 is 5.11 Å². The first kappa shape index (κ1) is 8.88. The number of hydrogen-bond donors (Lipinski definition) is 1. The van der Waals surface area contributed by atoms with E-state index in [0.29, 0.717) is 0 Å². The summed E-state index contributed by atoms with van der Waals surface area (Å²) < 4.78 is 0.0266. The quantitative estimate of drug-likeness (QED) is 0.429. The van der Waals surface area contributed by atoms with Crippen molar-refractivity contribution in [2.45, 2.75) is 0 Å². The van der Waals surface area contributed by atoms with Crippen molar-refractivity contribution in [3.05, 3.63) is 6.20 Å². The molecule has 10 heavy (non-hydrogen) atoms. The van der Waals surface area contributed by atoms with E-state index in [1.165, 1.54) is 0 Å². The minimum Gasteiger partial charge on any atom is -0.477 e. The molecular weight excluding hydrogens is 134 g/mol. The van der Waals surface area contributed by atoms with E-state index < -0.39 is 5.97 Å². The van der Waals surface area contributed by atoms with E-state index in [9.17, 15) is 9.59 Å². The van der Waals surface area contributed by atoms with Crippen molar-refractivity contribution in [3.8, 4) is 0 Å². The standard InChI is InChI=1S/C6H9NO3/c1-7(2,3-4-8)5-6(9)10/h3H,5H2,1-2H3/p+1. The van der Waals surface area contributed by atoms with Gasteiger partial charge in [0, 0.05) is 0 Å². The van der Waals surface area contributed by atoms with Crippen LogP contribution in [0.1, 0.15) is 0 Å². The number of nitrogens with zero attached hydrogens (tertiary/aromatic N) is 1. The third-order valence-corrected chi connectivity index (χ3v) is 0.945. The Bertz CT molecular complexity index is 179. The molecule has 0 saturated carbocycles. The summed E-state index contributed by atoms with van der Waals surface area (Å²) in [7, 11) is 3.22. The Labute approximate surface area is 59.0 Å². The van der Waals surface area contributed by atoms with Crippen molar-refractivity contribution in [2.24, 2.45) is 0 Å². The van der Waals surface area contributed by atoms with Crippen LogP contribution in [0.2, 0.25) is 0 Å². The van der Waals surface area contributed by atoms with Gasteiger partial charge in [0.1, 0.15) is 0 Å². The molecule has 0 radical (unpaired) electrons. The third kappa shape index (κ3) is 3.83. The Morgan fingerprint density at radius 2 is 2.20 bits per heavy atom.